The Morgan fingerprint density at radius 2 is 1.86 bits per heavy atom. The molecule has 0 atom stereocenters. The summed E-state index contributed by atoms with van der Waals surface area (Å²) in [4.78, 5) is 21.8. The van der Waals surface area contributed by atoms with Crippen molar-refractivity contribution in [2.75, 3.05) is 5.32 Å². The fourth-order valence-corrected chi connectivity index (χ4v) is 3.53. The highest BCUT2D eigenvalue weighted by Gasteiger charge is 2.17. The molecule has 0 fully saturated rings. The van der Waals surface area contributed by atoms with Crippen LogP contribution in [0, 0.1) is 12.7 Å². The van der Waals surface area contributed by atoms with Crippen molar-refractivity contribution in [1.82, 2.24) is 9.97 Å². The molecule has 4 nitrogen and oxygen atoms in total. The fourth-order valence-electron chi connectivity index (χ4n) is 3.04. The Bertz CT molecular complexity index is 1250. The first-order valence-electron chi connectivity index (χ1n) is 8.70. The number of aromatic nitrogens is 2. The van der Waals surface area contributed by atoms with E-state index in [9.17, 15) is 9.18 Å². The summed E-state index contributed by atoms with van der Waals surface area (Å²) in [5.41, 5.74) is 3.28. The van der Waals surface area contributed by atoms with E-state index >= 15 is 0 Å². The zero-order valence-electron chi connectivity index (χ0n) is 15.2. The van der Waals surface area contributed by atoms with Crippen LogP contribution in [0.1, 0.15) is 15.9 Å². The van der Waals surface area contributed by atoms with Gasteiger partial charge in [-0.05, 0) is 55.0 Å². The lowest BCUT2D eigenvalue weighted by molar-refractivity contribution is 0.102. The Kier molecular flexibility index (Phi) is 5.30. The standard InChI is InChI=1S/C22H14BrClFN3O/c1-12-17(24)4-3-15-16(22(29)28-19-5-2-14(23)10-18(19)25)11-20(27-21(12)15)13-6-8-26-9-7-13/h2-11H,1H3,(H,28,29). The molecule has 0 aliphatic carbocycles. The molecule has 1 N–H and O–H groups in total. The van der Waals surface area contributed by atoms with Gasteiger partial charge in [0.25, 0.3) is 5.91 Å². The molecule has 0 saturated carbocycles. The van der Waals surface area contributed by atoms with Crippen LogP contribution in [0.25, 0.3) is 22.2 Å². The number of benzene rings is 2. The Morgan fingerprint density at radius 1 is 1.10 bits per heavy atom. The molecule has 0 saturated heterocycles. The lowest BCUT2D eigenvalue weighted by Gasteiger charge is -2.13. The number of anilines is 1. The highest BCUT2D eigenvalue weighted by Crippen LogP contribution is 2.31. The molecule has 4 aromatic rings. The number of nitrogens with one attached hydrogen (secondary N) is 1. The van der Waals surface area contributed by atoms with Gasteiger partial charge in [-0.25, -0.2) is 9.37 Å². The summed E-state index contributed by atoms with van der Waals surface area (Å²) in [7, 11) is 0. The average Bonchev–Trinajstić information content (AvgIpc) is 2.72. The van der Waals surface area contributed by atoms with Crippen LogP contribution in [-0.4, -0.2) is 15.9 Å². The van der Waals surface area contributed by atoms with Crippen LogP contribution in [0.5, 0.6) is 0 Å². The molecule has 4 rings (SSSR count). The third-order valence-electron chi connectivity index (χ3n) is 4.57. The van der Waals surface area contributed by atoms with Crippen molar-refractivity contribution in [2.45, 2.75) is 6.92 Å². The molecule has 0 spiro atoms. The molecule has 2 heterocycles. The lowest BCUT2D eigenvalue weighted by atomic mass is 10.0. The molecule has 0 aliphatic heterocycles. The van der Waals surface area contributed by atoms with Gasteiger partial charge in [-0.3, -0.25) is 9.78 Å². The molecular weight excluding hydrogens is 457 g/mol. The first-order valence-corrected chi connectivity index (χ1v) is 9.88. The normalized spacial score (nSPS) is 10.9. The van der Waals surface area contributed by atoms with E-state index in [-0.39, 0.29) is 5.69 Å². The summed E-state index contributed by atoms with van der Waals surface area (Å²) < 4.78 is 14.8. The average molecular weight is 471 g/mol. The maximum absolute atomic E-state index is 14.2. The number of carbonyl (C=O) groups is 1. The third-order valence-corrected chi connectivity index (χ3v) is 5.47. The smallest absolute Gasteiger partial charge is 0.256 e. The fraction of sp³-hybridized carbons (Fsp3) is 0.0455. The van der Waals surface area contributed by atoms with Gasteiger partial charge in [-0.15, -0.1) is 0 Å². The summed E-state index contributed by atoms with van der Waals surface area (Å²) in [6.07, 6.45) is 3.31. The number of hydrogen-bond acceptors (Lipinski definition) is 3. The highest BCUT2D eigenvalue weighted by molar-refractivity contribution is 9.10. The minimum atomic E-state index is -0.528. The number of amides is 1. The van der Waals surface area contributed by atoms with Gasteiger partial charge in [0.2, 0.25) is 0 Å². The van der Waals surface area contributed by atoms with E-state index in [4.69, 9.17) is 16.6 Å². The Hall–Kier alpha value is -2.83. The Labute approximate surface area is 179 Å². The van der Waals surface area contributed by atoms with Crippen molar-refractivity contribution >= 4 is 50.0 Å². The van der Waals surface area contributed by atoms with Crippen LogP contribution in [-0.2, 0) is 0 Å². The molecule has 0 radical (unpaired) electrons. The topological polar surface area (TPSA) is 54.9 Å². The van der Waals surface area contributed by atoms with Gasteiger partial charge in [0, 0.05) is 32.8 Å². The molecule has 7 heteroatoms. The first kappa shape index (κ1) is 19.5. The van der Waals surface area contributed by atoms with E-state index in [0.29, 0.717) is 31.7 Å². The minimum Gasteiger partial charge on any atom is -0.319 e. The molecule has 0 unspecified atom stereocenters. The van der Waals surface area contributed by atoms with Gasteiger partial charge in [0.05, 0.1) is 22.5 Å². The highest BCUT2D eigenvalue weighted by atomic mass is 79.9. The maximum atomic E-state index is 14.2. The summed E-state index contributed by atoms with van der Waals surface area (Å²) in [6, 6.07) is 13.3. The molecule has 2 aromatic carbocycles. The second-order valence-electron chi connectivity index (χ2n) is 6.44. The lowest BCUT2D eigenvalue weighted by Crippen LogP contribution is -2.14. The van der Waals surface area contributed by atoms with Gasteiger partial charge in [0.15, 0.2) is 0 Å². The van der Waals surface area contributed by atoms with Crippen molar-refractivity contribution in [1.29, 1.82) is 0 Å². The summed E-state index contributed by atoms with van der Waals surface area (Å²) in [6.45, 7) is 1.85. The van der Waals surface area contributed by atoms with Crippen molar-refractivity contribution < 1.29 is 9.18 Å². The number of carbonyl (C=O) groups excluding carboxylic acids is 1. The molecule has 29 heavy (non-hydrogen) atoms. The molecule has 0 bridgehead atoms. The number of hydrogen-bond donors (Lipinski definition) is 1. The van der Waals surface area contributed by atoms with Crippen LogP contribution in [0.15, 0.2) is 65.4 Å². The van der Waals surface area contributed by atoms with Crippen LogP contribution < -0.4 is 5.32 Å². The quantitative estimate of drug-likeness (QED) is 0.376. The summed E-state index contributed by atoms with van der Waals surface area (Å²) in [5, 5.41) is 3.85. The van der Waals surface area contributed by atoms with Crippen molar-refractivity contribution in [3.63, 3.8) is 0 Å². The molecule has 1 amide bonds. The third kappa shape index (κ3) is 3.86. The van der Waals surface area contributed by atoms with Gasteiger partial charge in [-0.1, -0.05) is 33.6 Å². The largest absolute Gasteiger partial charge is 0.319 e. The van der Waals surface area contributed by atoms with Crippen molar-refractivity contribution in [3.8, 4) is 11.3 Å². The molecule has 0 aliphatic rings. The van der Waals surface area contributed by atoms with E-state index in [1.807, 2.05) is 19.1 Å². The summed E-state index contributed by atoms with van der Waals surface area (Å²) >= 11 is 9.49. The van der Waals surface area contributed by atoms with Crippen LogP contribution in [0.4, 0.5) is 10.1 Å². The summed E-state index contributed by atoms with van der Waals surface area (Å²) in [5.74, 6) is -0.963. The minimum absolute atomic E-state index is 0.0966. The number of rotatable bonds is 3. The van der Waals surface area contributed by atoms with Crippen LogP contribution in [0.2, 0.25) is 5.02 Å². The number of pyridine rings is 2. The number of aryl methyl sites for hydroxylation is 1. The van der Waals surface area contributed by atoms with Crippen LogP contribution >= 0.6 is 27.5 Å². The maximum Gasteiger partial charge on any atom is 0.256 e. The zero-order valence-corrected chi connectivity index (χ0v) is 17.6. The second kappa shape index (κ2) is 7.89. The molecule has 144 valence electrons. The Morgan fingerprint density at radius 3 is 2.59 bits per heavy atom. The zero-order chi connectivity index (χ0) is 20.5. The monoisotopic (exact) mass is 469 g/mol. The van der Waals surface area contributed by atoms with Gasteiger partial charge >= 0.3 is 0 Å². The van der Waals surface area contributed by atoms with E-state index < -0.39 is 11.7 Å². The Balaban J connectivity index is 1.88. The molecule has 2 aromatic heterocycles. The predicted octanol–water partition coefficient (Wildman–Crippen LogP) is 6.41. The van der Waals surface area contributed by atoms with Gasteiger partial charge in [0.1, 0.15) is 5.82 Å². The predicted molar refractivity (Wildman–Crippen MR) is 117 cm³/mol. The van der Waals surface area contributed by atoms with Crippen LogP contribution in [0.3, 0.4) is 0 Å². The molecular formula is C22H14BrClFN3O. The first-order chi connectivity index (χ1) is 13.9. The number of nitrogens with zero attached hydrogens (tertiary/aromatic N) is 2. The van der Waals surface area contributed by atoms with E-state index in [0.717, 1.165) is 11.1 Å². The number of fused-ring (bicyclic) bond motifs is 1. The van der Waals surface area contributed by atoms with Crippen molar-refractivity contribution in [3.05, 3.63) is 87.4 Å². The van der Waals surface area contributed by atoms with Crippen molar-refractivity contribution in [2.24, 2.45) is 0 Å². The van der Waals surface area contributed by atoms with E-state index in [1.54, 1.807) is 36.7 Å². The van der Waals surface area contributed by atoms with Gasteiger partial charge < -0.3 is 5.32 Å². The van der Waals surface area contributed by atoms with E-state index in [1.165, 1.54) is 12.1 Å². The van der Waals surface area contributed by atoms with E-state index in [2.05, 4.69) is 26.2 Å². The van der Waals surface area contributed by atoms with Gasteiger partial charge in [-0.2, -0.15) is 0 Å². The SMILES string of the molecule is Cc1c(Cl)ccc2c(C(=O)Nc3ccc(Br)cc3F)cc(-c3ccncc3)nc12. The number of halogens is 3. The second-order valence-corrected chi connectivity index (χ2v) is 7.76.